The molecule has 0 aliphatic heterocycles. The van der Waals surface area contributed by atoms with Gasteiger partial charge in [0.15, 0.2) is 0 Å². The van der Waals surface area contributed by atoms with Crippen molar-refractivity contribution in [3.8, 4) is 16.9 Å². The van der Waals surface area contributed by atoms with Gasteiger partial charge in [-0.3, -0.25) is 0 Å². The number of aryl methyl sites for hydroxylation is 1. The van der Waals surface area contributed by atoms with Crippen molar-refractivity contribution in [2.24, 2.45) is 0 Å². The van der Waals surface area contributed by atoms with Crippen LogP contribution in [0.1, 0.15) is 67.8 Å². The van der Waals surface area contributed by atoms with Crippen LogP contribution in [0.25, 0.3) is 21.9 Å². The second-order valence-electron chi connectivity index (χ2n) is 7.80. The molecule has 0 spiro atoms. The molecule has 3 rings (SSSR count). The molecular weight excluding hydrogens is 360 g/mol. The van der Waals surface area contributed by atoms with E-state index in [1.165, 1.54) is 38.5 Å². The molecule has 0 heterocycles. The van der Waals surface area contributed by atoms with Gasteiger partial charge in [0.2, 0.25) is 0 Å². The minimum absolute atomic E-state index is 0.298. The first-order chi connectivity index (χ1) is 14.1. The average Bonchev–Trinajstić information content (AvgIpc) is 2.73. The number of aromatic carboxylic acids is 1. The van der Waals surface area contributed by atoms with Crippen LogP contribution in [0, 0.1) is 0 Å². The molecule has 0 aromatic heterocycles. The fraction of sp³-hybridized carbons (Fsp3) is 0.346. The highest BCUT2D eigenvalue weighted by Crippen LogP contribution is 2.30. The molecule has 0 fully saturated rings. The minimum atomic E-state index is -0.912. The van der Waals surface area contributed by atoms with Crippen molar-refractivity contribution in [1.82, 2.24) is 0 Å². The largest absolute Gasteiger partial charge is 0.508 e. The van der Waals surface area contributed by atoms with Gasteiger partial charge in [0.1, 0.15) is 5.75 Å². The van der Waals surface area contributed by atoms with E-state index in [1.807, 2.05) is 24.3 Å². The Balaban J connectivity index is 1.70. The number of aromatic hydroxyl groups is 1. The summed E-state index contributed by atoms with van der Waals surface area (Å²) in [6.07, 6.45) is 9.69. The first kappa shape index (κ1) is 20.9. The Morgan fingerprint density at radius 2 is 1.38 bits per heavy atom. The number of hydrogen-bond donors (Lipinski definition) is 2. The summed E-state index contributed by atoms with van der Waals surface area (Å²) in [4.78, 5) is 11.2. The standard InChI is InChI=1S/C26H30O3/c1-2-3-4-5-6-7-8-9-23-17-22(14-15-25(23)27)19-10-11-21-18-24(26(28)29)13-12-20(21)16-19/h10-18,27H,2-9H2,1H3,(H,28,29). The lowest BCUT2D eigenvalue weighted by molar-refractivity contribution is 0.0697. The molecular formula is C26H30O3. The van der Waals surface area contributed by atoms with Gasteiger partial charge in [0.05, 0.1) is 5.56 Å². The molecule has 0 radical (unpaired) electrons. The molecule has 0 unspecified atom stereocenters. The monoisotopic (exact) mass is 390 g/mol. The van der Waals surface area contributed by atoms with Crippen LogP contribution in [-0.2, 0) is 6.42 Å². The number of hydrogen-bond acceptors (Lipinski definition) is 2. The SMILES string of the molecule is CCCCCCCCCc1cc(-c2ccc3cc(C(=O)O)ccc3c2)ccc1O. The van der Waals surface area contributed by atoms with Crippen molar-refractivity contribution in [1.29, 1.82) is 0 Å². The second kappa shape index (κ2) is 10.1. The Morgan fingerprint density at radius 1 is 0.759 bits per heavy atom. The molecule has 3 nitrogen and oxygen atoms in total. The zero-order valence-corrected chi connectivity index (χ0v) is 17.2. The maximum atomic E-state index is 11.2. The third-order valence-electron chi connectivity index (χ3n) is 5.55. The highest BCUT2D eigenvalue weighted by atomic mass is 16.4. The van der Waals surface area contributed by atoms with Crippen LogP contribution in [0.5, 0.6) is 5.75 Å². The highest BCUT2D eigenvalue weighted by molar-refractivity contribution is 5.95. The average molecular weight is 391 g/mol. The molecule has 0 amide bonds. The number of fused-ring (bicyclic) bond motifs is 1. The van der Waals surface area contributed by atoms with Gasteiger partial charge in [-0.1, -0.05) is 69.7 Å². The number of carboxylic acid groups (broad SMARTS) is 1. The van der Waals surface area contributed by atoms with Gasteiger partial charge in [-0.25, -0.2) is 4.79 Å². The number of rotatable bonds is 10. The van der Waals surface area contributed by atoms with Crippen LogP contribution < -0.4 is 0 Å². The number of carboxylic acids is 1. The molecule has 29 heavy (non-hydrogen) atoms. The van der Waals surface area contributed by atoms with Gasteiger partial charge in [0, 0.05) is 0 Å². The van der Waals surface area contributed by atoms with Crippen molar-refractivity contribution >= 4 is 16.7 Å². The molecule has 3 aromatic rings. The van der Waals surface area contributed by atoms with Gasteiger partial charge >= 0.3 is 5.97 Å². The van der Waals surface area contributed by atoms with E-state index in [-0.39, 0.29) is 0 Å². The smallest absolute Gasteiger partial charge is 0.335 e. The van der Waals surface area contributed by atoms with E-state index < -0.39 is 5.97 Å². The lowest BCUT2D eigenvalue weighted by Gasteiger charge is -2.10. The van der Waals surface area contributed by atoms with E-state index in [9.17, 15) is 9.90 Å². The van der Waals surface area contributed by atoms with Crippen LogP contribution in [0.2, 0.25) is 0 Å². The summed E-state index contributed by atoms with van der Waals surface area (Å²) < 4.78 is 0. The van der Waals surface area contributed by atoms with Gasteiger partial charge < -0.3 is 10.2 Å². The molecule has 2 N–H and O–H groups in total. The maximum absolute atomic E-state index is 11.2. The number of benzene rings is 3. The number of unbranched alkanes of at least 4 members (excludes halogenated alkanes) is 6. The van der Waals surface area contributed by atoms with E-state index in [4.69, 9.17) is 5.11 Å². The van der Waals surface area contributed by atoms with E-state index >= 15 is 0 Å². The first-order valence-corrected chi connectivity index (χ1v) is 10.7. The Labute approximate surface area is 173 Å². The lowest BCUT2D eigenvalue weighted by Crippen LogP contribution is -1.95. The normalized spacial score (nSPS) is 11.1. The van der Waals surface area contributed by atoms with Gasteiger partial charge in [-0.2, -0.15) is 0 Å². The Hall–Kier alpha value is -2.81. The topological polar surface area (TPSA) is 57.5 Å². The van der Waals surface area contributed by atoms with Crippen molar-refractivity contribution in [2.45, 2.75) is 58.3 Å². The predicted molar refractivity (Wildman–Crippen MR) is 120 cm³/mol. The summed E-state index contributed by atoms with van der Waals surface area (Å²) in [7, 11) is 0. The third kappa shape index (κ3) is 5.60. The number of phenols is 1. The molecule has 0 saturated carbocycles. The van der Waals surface area contributed by atoms with Gasteiger partial charge in [-0.15, -0.1) is 0 Å². The minimum Gasteiger partial charge on any atom is -0.508 e. The third-order valence-corrected chi connectivity index (χ3v) is 5.55. The molecule has 0 bridgehead atoms. The molecule has 152 valence electrons. The van der Waals surface area contributed by atoms with Gasteiger partial charge in [0.25, 0.3) is 0 Å². The van der Waals surface area contributed by atoms with Crippen LogP contribution in [-0.4, -0.2) is 16.2 Å². The zero-order valence-electron chi connectivity index (χ0n) is 17.2. The zero-order chi connectivity index (χ0) is 20.6. The quantitative estimate of drug-likeness (QED) is 0.360. The summed E-state index contributed by atoms with van der Waals surface area (Å²) in [5, 5.41) is 21.3. The summed E-state index contributed by atoms with van der Waals surface area (Å²) in [6, 6.07) is 17.0. The molecule has 0 aliphatic rings. The van der Waals surface area contributed by atoms with Crippen LogP contribution >= 0.6 is 0 Å². The second-order valence-corrected chi connectivity index (χ2v) is 7.80. The maximum Gasteiger partial charge on any atom is 0.335 e. The molecule has 0 saturated heterocycles. The van der Waals surface area contributed by atoms with Crippen molar-refractivity contribution in [3.63, 3.8) is 0 Å². The summed E-state index contributed by atoms with van der Waals surface area (Å²) in [5.74, 6) is -0.545. The van der Waals surface area contributed by atoms with Crippen molar-refractivity contribution < 1.29 is 15.0 Å². The van der Waals surface area contributed by atoms with Crippen LogP contribution in [0.3, 0.4) is 0 Å². The Kier molecular flexibility index (Phi) is 7.29. The first-order valence-electron chi connectivity index (χ1n) is 10.7. The van der Waals surface area contributed by atoms with E-state index in [1.54, 1.807) is 18.2 Å². The predicted octanol–water partition coefficient (Wildman–Crippen LogP) is 7.20. The fourth-order valence-electron chi connectivity index (χ4n) is 3.80. The molecule has 0 aliphatic carbocycles. The molecule has 0 atom stereocenters. The number of carbonyl (C=O) groups is 1. The van der Waals surface area contributed by atoms with E-state index in [0.29, 0.717) is 11.3 Å². The Morgan fingerprint density at radius 3 is 2.14 bits per heavy atom. The lowest BCUT2D eigenvalue weighted by atomic mass is 9.96. The molecule has 3 heteroatoms. The summed E-state index contributed by atoms with van der Waals surface area (Å²) in [5.41, 5.74) is 3.44. The van der Waals surface area contributed by atoms with E-state index in [2.05, 4.69) is 19.1 Å². The van der Waals surface area contributed by atoms with E-state index in [0.717, 1.165) is 40.3 Å². The fourth-order valence-corrected chi connectivity index (χ4v) is 3.80. The summed E-state index contributed by atoms with van der Waals surface area (Å²) in [6.45, 7) is 2.23. The van der Waals surface area contributed by atoms with Crippen molar-refractivity contribution in [2.75, 3.05) is 0 Å². The molecule has 3 aromatic carbocycles. The number of phenolic OH excluding ortho intramolecular Hbond substituents is 1. The Bertz CT molecular complexity index is 975. The van der Waals surface area contributed by atoms with Crippen LogP contribution in [0.15, 0.2) is 54.6 Å². The van der Waals surface area contributed by atoms with Crippen molar-refractivity contribution in [3.05, 3.63) is 65.7 Å². The van der Waals surface area contributed by atoms with Crippen LogP contribution in [0.4, 0.5) is 0 Å². The highest BCUT2D eigenvalue weighted by Gasteiger charge is 2.08. The van der Waals surface area contributed by atoms with Gasteiger partial charge in [-0.05, 0) is 70.6 Å². The summed E-state index contributed by atoms with van der Waals surface area (Å²) >= 11 is 0.